The van der Waals surface area contributed by atoms with Crippen LogP contribution in [0.15, 0.2) is 54.6 Å². The minimum Gasteiger partial charge on any atom is -0.448 e. The van der Waals surface area contributed by atoms with Crippen molar-refractivity contribution in [3.8, 4) is 0 Å². The Hall–Kier alpha value is -5.61. The number of hydrogen-bond donors (Lipinski definition) is 4. The molecule has 0 atom stereocenters. The first-order valence-corrected chi connectivity index (χ1v) is 17.2. The summed E-state index contributed by atoms with van der Waals surface area (Å²) in [5, 5.41) is 19.9. The first kappa shape index (κ1) is 35.2. The van der Waals surface area contributed by atoms with Gasteiger partial charge in [0, 0.05) is 43.1 Å². The Kier molecular flexibility index (Phi) is 9.89. The fraction of sp³-hybridized carbons (Fsp3) is 0.314. The molecule has 6 rings (SSSR count). The van der Waals surface area contributed by atoms with Crippen molar-refractivity contribution < 1.29 is 28.3 Å². The number of benzene rings is 2. The molecule has 0 bridgehead atoms. The lowest BCUT2D eigenvalue weighted by molar-refractivity contribution is 0.0913. The van der Waals surface area contributed by atoms with Gasteiger partial charge in [-0.05, 0) is 71.1 Å². The van der Waals surface area contributed by atoms with E-state index in [1.807, 2.05) is 6.07 Å². The van der Waals surface area contributed by atoms with Crippen molar-refractivity contribution in [2.45, 2.75) is 33.2 Å². The maximum absolute atomic E-state index is 14.6. The molecule has 0 aliphatic carbocycles. The minimum atomic E-state index is -1.07. The first-order valence-electron chi connectivity index (χ1n) is 16.3. The zero-order valence-corrected chi connectivity index (χ0v) is 29.6. The van der Waals surface area contributed by atoms with Crippen LogP contribution in [0.3, 0.4) is 0 Å². The van der Waals surface area contributed by atoms with Gasteiger partial charge in [0.2, 0.25) is 0 Å². The van der Waals surface area contributed by atoms with Crippen molar-refractivity contribution in [2.75, 3.05) is 55.4 Å². The van der Waals surface area contributed by atoms with Crippen LogP contribution < -0.4 is 20.9 Å². The zero-order valence-electron chi connectivity index (χ0n) is 28.8. The molecular formula is C35H38FN9O5S. The van der Waals surface area contributed by atoms with Gasteiger partial charge in [0.25, 0.3) is 17.7 Å². The monoisotopic (exact) mass is 715 g/mol. The van der Waals surface area contributed by atoms with Gasteiger partial charge in [0.05, 0.1) is 33.7 Å². The fourth-order valence-electron chi connectivity index (χ4n) is 5.79. The number of aromatic nitrogens is 4. The van der Waals surface area contributed by atoms with E-state index < -0.39 is 35.2 Å². The maximum Gasteiger partial charge on any atom is 0.436 e. The number of rotatable bonds is 9. The summed E-state index contributed by atoms with van der Waals surface area (Å²) >= 11 is 0.966. The topological polar surface area (TPSA) is 167 Å². The molecule has 1 fully saturated rings. The number of aromatic amines is 1. The molecule has 1 aliphatic heterocycles. The second-order valence-electron chi connectivity index (χ2n) is 12.7. The molecule has 3 aromatic heterocycles. The number of piperazine rings is 1. The van der Waals surface area contributed by atoms with E-state index in [-0.39, 0.29) is 39.1 Å². The third-order valence-corrected chi connectivity index (χ3v) is 9.64. The summed E-state index contributed by atoms with van der Waals surface area (Å²) in [6, 6.07) is 14.4. The number of nitrogens with zero attached hydrogens (tertiary/aromatic N) is 5. The van der Waals surface area contributed by atoms with Crippen LogP contribution in [0.2, 0.25) is 0 Å². The number of halogens is 1. The maximum atomic E-state index is 14.6. The lowest BCUT2D eigenvalue weighted by Gasteiger charge is -2.34. The van der Waals surface area contributed by atoms with E-state index in [2.05, 4.69) is 48.1 Å². The molecule has 1 aliphatic rings. The molecule has 4 N–H and O–H groups in total. The number of nitrogens with one attached hydrogen (secondary N) is 4. The number of likely N-dealkylation sites (N-methyl/N-ethyl adjacent to an activating group) is 1. The number of aryl methyl sites for hydroxylation is 1. The Morgan fingerprint density at radius 2 is 1.73 bits per heavy atom. The molecule has 51 heavy (non-hydrogen) atoms. The summed E-state index contributed by atoms with van der Waals surface area (Å²) < 4.78 is 20.8. The highest BCUT2D eigenvalue weighted by Crippen LogP contribution is 2.34. The Bertz CT molecular complexity index is 2130. The van der Waals surface area contributed by atoms with Gasteiger partial charge >= 0.3 is 6.09 Å². The van der Waals surface area contributed by atoms with E-state index >= 15 is 0 Å². The Morgan fingerprint density at radius 3 is 2.41 bits per heavy atom. The highest BCUT2D eigenvalue weighted by molar-refractivity contribution is 7.20. The number of carbonyl (C=O) groups excluding carboxylic acids is 4. The number of amides is 3. The van der Waals surface area contributed by atoms with Crippen LogP contribution >= 0.6 is 11.3 Å². The summed E-state index contributed by atoms with van der Waals surface area (Å²) in [4.78, 5) is 58.5. The molecule has 14 nitrogen and oxygen atoms in total. The van der Waals surface area contributed by atoms with Crippen molar-refractivity contribution in [1.29, 1.82) is 0 Å². The highest BCUT2D eigenvalue weighted by Gasteiger charge is 2.30. The van der Waals surface area contributed by atoms with Crippen molar-refractivity contribution in [3.05, 3.63) is 87.8 Å². The van der Waals surface area contributed by atoms with E-state index in [1.54, 1.807) is 64.1 Å². The molecule has 4 heterocycles. The number of H-pyrrole nitrogens is 1. The van der Waals surface area contributed by atoms with Gasteiger partial charge in [-0.25, -0.2) is 9.18 Å². The summed E-state index contributed by atoms with van der Waals surface area (Å²) in [5.74, 6) is -2.12. The van der Waals surface area contributed by atoms with Crippen LogP contribution in [0, 0.1) is 12.7 Å². The van der Waals surface area contributed by atoms with Crippen molar-refractivity contribution >= 4 is 62.6 Å². The van der Waals surface area contributed by atoms with Crippen molar-refractivity contribution in [2.24, 2.45) is 0 Å². The average molecular weight is 716 g/mol. The van der Waals surface area contributed by atoms with Gasteiger partial charge in [-0.2, -0.15) is 9.78 Å². The SMILES string of the molecule is CCOC(=O)n1nc(NC(=O)c2ccc(N3CCN(C)CC3)cc2NC(=O)c2cc(C)[nH]n2)c2cc(C(=O)NC(C)(C)c3ccccc3F)sc21. The van der Waals surface area contributed by atoms with Crippen LogP contribution in [-0.4, -0.2) is 88.5 Å². The summed E-state index contributed by atoms with van der Waals surface area (Å²) in [6.45, 7) is 10.1. The molecular weight excluding hydrogens is 678 g/mol. The molecule has 16 heteroatoms. The van der Waals surface area contributed by atoms with E-state index in [4.69, 9.17) is 4.74 Å². The molecule has 3 amide bonds. The van der Waals surface area contributed by atoms with Crippen LogP contribution in [0.1, 0.15) is 62.5 Å². The zero-order chi connectivity index (χ0) is 36.4. The normalized spacial score (nSPS) is 13.6. The quantitative estimate of drug-likeness (QED) is 0.161. The molecule has 0 radical (unpaired) electrons. The van der Waals surface area contributed by atoms with E-state index in [0.717, 1.165) is 47.9 Å². The number of anilines is 3. The largest absolute Gasteiger partial charge is 0.448 e. The van der Waals surface area contributed by atoms with Crippen LogP contribution in [0.4, 0.5) is 26.4 Å². The lowest BCUT2D eigenvalue weighted by Crippen LogP contribution is -2.44. The summed E-state index contributed by atoms with van der Waals surface area (Å²) in [5.41, 5.74) is 1.28. The molecule has 5 aromatic rings. The van der Waals surface area contributed by atoms with Crippen molar-refractivity contribution in [3.63, 3.8) is 0 Å². The molecule has 266 valence electrons. The van der Waals surface area contributed by atoms with E-state index in [1.165, 1.54) is 12.1 Å². The molecule has 0 saturated carbocycles. The minimum absolute atomic E-state index is 0.00457. The number of thiophene rings is 1. The standard InChI is InChI=1S/C35H38FN9O5S/c1-6-50-34(49)45-33-23(19-28(51-33)32(48)39-35(3,4)24-9-7-8-10-25(24)36)29(42-45)38-30(46)22-12-11-21(44-15-13-43(5)14-16-44)18-26(22)37-31(47)27-17-20(2)40-41-27/h7-12,17-19H,6,13-16H2,1-5H3,(H,37,47)(H,39,48)(H,40,41)(H,38,42,46). The van der Waals surface area contributed by atoms with Gasteiger partial charge in [0.1, 0.15) is 10.6 Å². The number of fused-ring (bicyclic) bond motifs is 1. The van der Waals surface area contributed by atoms with Gasteiger partial charge in [0.15, 0.2) is 11.5 Å². The third kappa shape index (κ3) is 7.46. The first-order chi connectivity index (χ1) is 24.3. The molecule has 0 unspecified atom stereocenters. The van der Waals surface area contributed by atoms with Gasteiger partial charge in [-0.3, -0.25) is 19.5 Å². The number of carbonyl (C=O) groups is 4. The average Bonchev–Trinajstić information content (AvgIpc) is 3.81. The summed E-state index contributed by atoms with van der Waals surface area (Å²) in [6.07, 6.45) is -0.803. The second kappa shape index (κ2) is 14.3. The van der Waals surface area contributed by atoms with Crippen LogP contribution in [0.25, 0.3) is 10.2 Å². The summed E-state index contributed by atoms with van der Waals surface area (Å²) in [7, 11) is 2.05. The number of ether oxygens (including phenoxy) is 1. The Balaban J connectivity index is 1.33. The second-order valence-corrected chi connectivity index (χ2v) is 13.7. The fourth-order valence-corrected chi connectivity index (χ4v) is 6.79. The third-order valence-electron chi connectivity index (χ3n) is 8.53. The highest BCUT2D eigenvalue weighted by atomic mass is 32.1. The van der Waals surface area contributed by atoms with E-state index in [9.17, 15) is 23.6 Å². The molecule has 2 aromatic carbocycles. The number of hydrogen-bond acceptors (Lipinski definition) is 10. The van der Waals surface area contributed by atoms with Crippen LogP contribution in [0.5, 0.6) is 0 Å². The van der Waals surface area contributed by atoms with Gasteiger partial charge in [-0.15, -0.1) is 16.4 Å². The Morgan fingerprint density at radius 1 is 0.980 bits per heavy atom. The molecule has 1 saturated heterocycles. The Labute approximate surface area is 296 Å². The predicted octanol–water partition coefficient (Wildman–Crippen LogP) is 5.19. The lowest BCUT2D eigenvalue weighted by atomic mass is 9.93. The predicted molar refractivity (Wildman–Crippen MR) is 192 cm³/mol. The molecule has 0 spiro atoms. The van der Waals surface area contributed by atoms with Gasteiger partial charge < -0.3 is 30.5 Å². The van der Waals surface area contributed by atoms with Crippen LogP contribution in [-0.2, 0) is 10.3 Å². The smallest absolute Gasteiger partial charge is 0.436 e. The van der Waals surface area contributed by atoms with E-state index in [0.29, 0.717) is 16.6 Å². The van der Waals surface area contributed by atoms with Gasteiger partial charge in [-0.1, -0.05) is 18.2 Å². The van der Waals surface area contributed by atoms with Crippen molar-refractivity contribution in [1.82, 2.24) is 30.2 Å².